The smallest absolute Gasteiger partial charge is 0.278 e. The maximum Gasteiger partial charge on any atom is 0.278 e. The minimum atomic E-state index is -0.430. The quantitative estimate of drug-likeness (QED) is 0.503. The number of nitrogens with two attached hydrogens (primary N) is 1. The van der Waals surface area contributed by atoms with Crippen molar-refractivity contribution in [3.63, 3.8) is 0 Å². The van der Waals surface area contributed by atoms with Crippen LogP contribution >= 0.6 is 0 Å². The van der Waals surface area contributed by atoms with Crippen LogP contribution in [0.4, 0.5) is 11.5 Å². The molecule has 1 fully saturated rings. The molecule has 3 aromatic rings. The lowest BCUT2D eigenvalue weighted by Gasteiger charge is -2.26. The number of rotatable bonds is 5. The fourth-order valence-electron chi connectivity index (χ4n) is 3.88. The molecule has 1 aliphatic carbocycles. The topological polar surface area (TPSA) is 110 Å². The number of carbonyl (C=O) groups is 2. The van der Waals surface area contributed by atoms with Gasteiger partial charge in [0.1, 0.15) is 0 Å². The third-order valence-corrected chi connectivity index (χ3v) is 5.84. The Kier molecular flexibility index (Phi) is 6.44. The molecule has 1 aliphatic rings. The predicted octanol–water partition coefficient (Wildman–Crippen LogP) is 5.27. The van der Waals surface area contributed by atoms with E-state index >= 15 is 0 Å². The Morgan fingerprint density at radius 2 is 1.66 bits per heavy atom. The van der Waals surface area contributed by atoms with Crippen molar-refractivity contribution in [1.82, 2.24) is 15.3 Å². The van der Waals surface area contributed by atoms with Crippen LogP contribution in [-0.2, 0) is 0 Å². The van der Waals surface area contributed by atoms with E-state index in [0.717, 1.165) is 37.2 Å². The van der Waals surface area contributed by atoms with E-state index in [1.165, 1.54) is 6.20 Å². The molecule has 0 bridgehead atoms. The third kappa shape index (κ3) is 5.11. The lowest BCUT2D eigenvalue weighted by molar-refractivity contribution is 0.0922. The lowest BCUT2D eigenvalue weighted by atomic mass is 9.87. The Labute approximate surface area is 193 Å². The second-order valence-electron chi connectivity index (χ2n) is 8.32. The summed E-state index contributed by atoms with van der Waals surface area (Å²) in [6, 6.07) is 16.5. The van der Waals surface area contributed by atoms with Crippen LogP contribution in [-0.4, -0.2) is 27.8 Å². The summed E-state index contributed by atoms with van der Waals surface area (Å²) in [7, 11) is 0. The molecule has 7 nitrogen and oxygen atoms in total. The van der Waals surface area contributed by atoms with Crippen LogP contribution in [0.1, 0.15) is 59.2 Å². The summed E-state index contributed by atoms with van der Waals surface area (Å²) >= 11 is 0. The van der Waals surface area contributed by atoms with Gasteiger partial charge in [-0.05, 0) is 55.9 Å². The van der Waals surface area contributed by atoms with Crippen molar-refractivity contribution in [2.75, 3.05) is 11.1 Å². The number of hydrogen-bond acceptors (Lipinski definition) is 5. The van der Waals surface area contributed by atoms with Gasteiger partial charge in [-0.3, -0.25) is 9.59 Å². The second kappa shape index (κ2) is 9.60. The van der Waals surface area contributed by atoms with E-state index in [1.807, 2.05) is 18.2 Å². The highest BCUT2D eigenvalue weighted by Crippen LogP contribution is 2.24. The largest absolute Gasteiger partial charge is 0.382 e. The van der Waals surface area contributed by atoms with Crippen molar-refractivity contribution >= 4 is 23.3 Å². The van der Waals surface area contributed by atoms with Crippen molar-refractivity contribution in [2.24, 2.45) is 5.92 Å². The van der Waals surface area contributed by atoms with Gasteiger partial charge in [0.05, 0.1) is 11.9 Å². The summed E-state index contributed by atoms with van der Waals surface area (Å²) in [5, 5.41) is 5.90. The molecule has 172 valence electrons. The maximum atomic E-state index is 12.6. The number of amides is 2. The monoisotopic (exact) mass is 437 g/mol. The van der Waals surface area contributed by atoms with Crippen LogP contribution in [0.25, 0.3) is 11.3 Å². The molecule has 0 aliphatic heterocycles. The molecule has 1 heterocycles. The van der Waals surface area contributed by atoms with Crippen LogP contribution in [0, 0.1) is 5.92 Å². The Morgan fingerprint density at radius 1 is 0.969 bits per heavy atom. The zero-order valence-corrected chi connectivity index (χ0v) is 18.0. The summed E-state index contributed by atoms with van der Waals surface area (Å²) in [6.45, 7) is 2.26. The summed E-state index contributed by atoms with van der Waals surface area (Å²) < 4.78 is 0. The number of carbonyl (C=O) groups excluding carboxylic acids is 2. The van der Waals surface area contributed by atoms with E-state index in [-0.39, 0.29) is 29.2 Å². The van der Waals surface area contributed by atoms with Crippen molar-refractivity contribution in [3.8, 4) is 11.3 Å². The van der Waals surface area contributed by atoms with Crippen LogP contribution in [0.15, 0.2) is 60.8 Å². The molecular formula is C25H35N5O2. The first kappa shape index (κ1) is 21.5. The zero-order chi connectivity index (χ0) is 22.5. The van der Waals surface area contributed by atoms with Gasteiger partial charge in [0.2, 0.25) is 0 Å². The van der Waals surface area contributed by atoms with E-state index in [0.29, 0.717) is 16.9 Å². The molecule has 0 saturated heterocycles. The van der Waals surface area contributed by atoms with Crippen molar-refractivity contribution < 1.29 is 15.3 Å². The Bertz CT molecular complexity index is 1110. The summed E-state index contributed by atoms with van der Waals surface area (Å²) in [5.74, 6) is 0.298. The number of nitrogen functional groups attached to an aromatic ring is 1. The van der Waals surface area contributed by atoms with Crippen molar-refractivity contribution in [2.45, 2.75) is 38.6 Å². The van der Waals surface area contributed by atoms with Gasteiger partial charge in [0, 0.05) is 28.6 Å². The highest BCUT2D eigenvalue weighted by atomic mass is 16.2. The molecule has 4 N–H and O–H groups in total. The van der Waals surface area contributed by atoms with Crippen LogP contribution in [0.5, 0.6) is 0 Å². The number of nitrogens with zero attached hydrogens (tertiary/aromatic N) is 2. The molecule has 2 amide bonds. The highest BCUT2D eigenvalue weighted by molar-refractivity contribution is 6.06. The minimum absolute atomic E-state index is 0. The van der Waals surface area contributed by atoms with Crippen molar-refractivity contribution in [1.29, 1.82) is 0 Å². The van der Waals surface area contributed by atoms with Gasteiger partial charge in [-0.15, -0.1) is 0 Å². The fraction of sp³-hybridized carbons (Fsp3) is 0.280. The first-order valence-corrected chi connectivity index (χ1v) is 10.9. The van der Waals surface area contributed by atoms with Gasteiger partial charge < -0.3 is 16.4 Å². The van der Waals surface area contributed by atoms with Crippen molar-refractivity contribution in [3.05, 3.63) is 72.1 Å². The van der Waals surface area contributed by atoms with E-state index < -0.39 is 5.91 Å². The average molecular weight is 438 g/mol. The lowest BCUT2D eigenvalue weighted by Crippen LogP contribution is -2.37. The Morgan fingerprint density at radius 3 is 2.34 bits per heavy atom. The number of anilines is 2. The molecule has 1 aromatic heterocycles. The normalized spacial score (nSPS) is 18.0. The summed E-state index contributed by atoms with van der Waals surface area (Å²) in [6.07, 6.45) is 5.88. The molecule has 4 rings (SSSR count). The fourth-order valence-corrected chi connectivity index (χ4v) is 3.88. The van der Waals surface area contributed by atoms with Gasteiger partial charge >= 0.3 is 0 Å². The number of para-hydroxylation sites is 1. The molecule has 7 heteroatoms. The Hall–Kier alpha value is -3.74. The van der Waals surface area contributed by atoms with Gasteiger partial charge in [-0.1, -0.05) is 37.3 Å². The van der Waals surface area contributed by atoms with Gasteiger partial charge in [-0.25, -0.2) is 9.97 Å². The number of hydrogen-bond donors (Lipinski definition) is 3. The van der Waals surface area contributed by atoms with E-state index in [9.17, 15) is 9.59 Å². The molecular weight excluding hydrogens is 402 g/mol. The molecule has 0 unspecified atom stereocenters. The van der Waals surface area contributed by atoms with Crippen LogP contribution in [0.2, 0.25) is 0 Å². The van der Waals surface area contributed by atoms with E-state index in [4.69, 9.17) is 5.73 Å². The van der Waals surface area contributed by atoms with Gasteiger partial charge in [-0.2, -0.15) is 0 Å². The van der Waals surface area contributed by atoms with Gasteiger partial charge in [0.15, 0.2) is 11.5 Å². The summed E-state index contributed by atoms with van der Waals surface area (Å²) in [5.41, 5.74) is 8.44. The zero-order valence-electron chi connectivity index (χ0n) is 18.0. The predicted molar refractivity (Wildman–Crippen MR) is 134 cm³/mol. The molecule has 0 spiro atoms. The van der Waals surface area contributed by atoms with Gasteiger partial charge in [0.25, 0.3) is 11.8 Å². The van der Waals surface area contributed by atoms with Crippen LogP contribution < -0.4 is 16.4 Å². The standard InChI is InChI=1S/C25H27N5O2.4H2/c1-16-7-13-20(14-8-16)28-24(31)18-11-9-17(10-12-18)21-15-27-23(26)22(30-21)25(32)29-19-5-3-2-4-6-19;;;;/h2-6,9-12,15-16,20H,7-8,13-14H2,1H3,(H2,26,27)(H,28,31)(H,29,32);4*1H. The SMILES string of the molecule is CC1CCC(NC(=O)c2ccc(-c3cnc(N)c(C(=O)Nc4ccccc4)n3)cc2)CC1.[HH].[HH].[HH].[HH]. The number of nitrogens with one attached hydrogen (secondary N) is 2. The van der Waals surface area contributed by atoms with Crippen LogP contribution in [0.3, 0.4) is 0 Å². The third-order valence-electron chi connectivity index (χ3n) is 5.84. The second-order valence-corrected chi connectivity index (χ2v) is 8.32. The molecule has 0 atom stereocenters. The molecule has 2 aromatic carbocycles. The molecule has 1 saturated carbocycles. The number of benzene rings is 2. The first-order valence-electron chi connectivity index (χ1n) is 10.9. The average Bonchev–Trinajstić information content (AvgIpc) is 2.81. The highest BCUT2D eigenvalue weighted by Gasteiger charge is 2.20. The summed E-state index contributed by atoms with van der Waals surface area (Å²) in [4.78, 5) is 33.8. The Balaban J connectivity index is 0.00000306. The molecule has 0 radical (unpaired) electrons. The van der Waals surface area contributed by atoms with E-state index in [2.05, 4.69) is 27.5 Å². The van der Waals surface area contributed by atoms with E-state index in [1.54, 1.807) is 36.4 Å². The molecule has 32 heavy (non-hydrogen) atoms. The maximum absolute atomic E-state index is 12.6. The minimum Gasteiger partial charge on any atom is -0.382 e. The first-order chi connectivity index (χ1) is 15.5. The number of aromatic nitrogens is 2.